The molecule has 1 atom stereocenters. The number of ether oxygens (including phenoxy) is 2. The lowest BCUT2D eigenvalue weighted by atomic mass is 10.3. The highest BCUT2D eigenvalue weighted by atomic mass is 16.7. The van der Waals surface area contributed by atoms with Gasteiger partial charge in [-0.25, -0.2) is 0 Å². The first-order valence-corrected chi connectivity index (χ1v) is 5.10. The van der Waals surface area contributed by atoms with Crippen molar-refractivity contribution in [3.05, 3.63) is 0 Å². The summed E-state index contributed by atoms with van der Waals surface area (Å²) in [5, 5.41) is 3.24. The van der Waals surface area contributed by atoms with E-state index in [4.69, 9.17) is 9.47 Å². The minimum atomic E-state index is -0.435. The minimum Gasteiger partial charge on any atom is -0.348 e. The molecule has 4 heteroatoms. The highest BCUT2D eigenvalue weighted by Gasteiger charge is 2.31. The summed E-state index contributed by atoms with van der Waals surface area (Å²) in [6, 6.07) is 0. The fourth-order valence-electron chi connectivity index (χ4n) is 1.44. The quantitative estimate of drug-likeness (QED) is 0.508. The van der Waals surface area contributed by atoms with E-state index in [0.717, 1.165) is 25.8 Å². The molecule has 1 heterocycles. The van der Waals surface area contributed by atoms with Gasteiger partial charge in [-0.1, -0.05) is 0 Å². The molecular formula is C10H19NO3. The summed E-state index contributed by atoms with van der Waals surface area (Å²) in [5.74, 6) is -0.435. The Morgan fingerprint density at radius 2 is 2.36 bits per heavy atom. The summed E-state index contributed by atoms with van der Waals surface area (Å²) in [6.07, 6.45) is 2.60. The highest BCUT2D eigenvalue weighted by molar-refractivity contribution is 5.48. The van der Waals surface area contributed by atoms with E-state index in [2.05, 4.69) is 5.32 Å². The van der Waals surface area contributed by atoms with Gasteiger partial charge in [0, 0.05) is 13.0 Å². The van der Waals surface area contributed by atoms with Crippen LogP contribution < -0.4 is 5.32 Å². The first-order valence-electron chi connectivity index (χ1n) is 5.10. The molecule has 1 fully saturated rings. The van der Waals surface area contributed by atoms with Gasteiger partial charge in [-0.3, -0.25) is 0 Å². The average Bonchev–Trinajstić information content (AvgIpc) is 2.45. The molecule has 0 aromatic heterocycles. The van der Waals surface area contributed by atoms with Crippen LogP contribution in [0.5, 0.6) is 0 Å². The van der Waals surface area contributed by atoms with Crippen LogP contribution in [-0.2, 0) is 14.3 Å². The molecule has 0 amide bonds. The second-order valence-electron chi connectivity index (χ2n) is 3.96. The Bertz CT molecular complexity index is 182. The van der Waals surface area contributed by atoms with Crippen molar-refractivity contribution in [3.63, 3.8) is 0 Å². The molecular weight excluding hydrogens is 182 g/mol. The van der Waals surface area contributed by atoms with E-state index in [1.807, 2.05) is 13.8 Å². The van der Waals surface area contributed by atoms with Crippen molar-refractivity contribution >= 4 is 6.29 Å². The molecule has 1 aliphatic rings. The molecule has 4 nitrogen and oxygen atoms in total. The van der Waals surface area contributed by atoms with E-state index in [0.29, 0.717) is 13.0 Å². The van der Waals surface area contributed by atoms with Crippen molar-refractivity contribution in [2.24, 2.45) is 0 Å². The van der Waals surface area contributed by atoms with Crippen LogP contribution in [0.1, 0.15) is 26.7 Å². The van der Waals surface area contributed by atoms with Gasteiger partial charge in [-0.15, -0.1) is 0 Å². The van der Waals surface area contributed by atoms with Gasteiger partial charge < -0.3 is 19.6 Å². The van der Waals surface area contributed by atoms with Crippen molar-refractivity contribution in [1.82, 2.24) is 5.32 Å². The number of hydrogen-bond donors (Lipinski definition) is 1. The van der Waals surface area contributed by atoms with Crippen LogP contribution in [0.4, 0.5) is 0 Å². The zero-order valence-corrected chi connectivity index (χ0v) is 8.91. The molecule has 0 aliphatic carbocycles. The molecule has 1 rings (SSSR count). The van der Waals surface area contributed by atoms with Crippen LogP contribution in [0, 0.1) is 0 Å². The van der Waals surface area contributed by atoms with Crippen LogP contribution >= 0.6 is 0 Å². The predicted molar refractivity (Wildman–Crippen MR) is 53.1 cm³/mol. The van der Waals surface area contributed by atoms with Gasteiger partial charge >= 0.3 is 0 Å². The van der Waals surface area contributed by atoms with Crippen LogP contribution in [0.3, 0.4) is 0 Å². The summed E-state index contributed by atoms with van der Waals surface area (Å²) >= 11 is 0. The van der Waals surface area contributed by atoms with E-state index >= 15 is 0 Å². The third-order valence-corrected chi connectivity index (χ3v) is 2.11. The van der Waals surface area contributed by atoms with E-state index in [-0.39, 0.29) is 6.10 Å². The maximum atomic E-state index is 10.0. The Labute approximate surface area is 85.0 Å². The van der Waals surface area contributed by atoms with Crippen LogP contribution in [0.2, 0.25) is 0 Å². The highest BCUT2D eigenvalue weighted by Crippen LogP contribution is 2.21. The normalized spacial score (nSPS) is 25.1. The molecule has 0 aromatic carbocycles. The van der Waals surface area contributed by atoms with Gasteiger partial charge in [0.1, 0.15) is 6.29 Å². The molecule has 0 radical (unpaired) electrons. The van der Waals surface area contributed by atoms with Crippen molar-refractivity contribution in [2.45, 2.75) is 38.6 Å². The topological polar surface area (TPSA) is 47.6 Å². The van der Waals surface area contributed by atoms with Gasteiger partial charge in [-0.2, -0.15) is 0 Å². The van der Waals surface area contributed by atoms with Crippen molar-refractivity contribution in [1.29, 1.82) is 0 Å². The molecule has 0 bridgehead atoms. The zero-order valence-electron chi connectivity index (χ0n) is 8.91. The summed E-state index contributed by atoms with van der Waals surface area (Å²) < 4.78 is 11.0. The Balaban J connectivity index is 2.00. The molecule has 1 unspecified atom stereocenters. The standard InChI is InChI=1S/C10H19NO3/c1-10(2)13-8-9(14-10)7-11-5-3-4-6-12/h6,9,11H,3-5,7-8H2,1-2H3. The Morgan fingerprint density at radius 3 is 2.93 bits per heavy atom. The Morgan fingerprint density at radius 1 is 1.57 bits per heavy atom. The van der Waals surface area contributed by atoms with Gasteiger partial charge in [0.2, 0.25) is 0 Å². The minimum absolute atomic E-state index is 0.140. The third kappa shape index (κ3) is 4.17. The predicted octanol–water partition coefficient (Wildman–Crippen LogP) is 0.707. The lowest BCUT2D eigenvalue weighted by Gasteiger charge is -2.17. The van der Waals surface area contributed by atoms with Crippen molar-refractivity contribution in [3.8, 4) is 0 Å². The van der Waals surface area contributed by atoms with Gasteiger partial charge in [0.15, 0.2) is 5.79 Å². The summed E-state index contributed by atoms with van der Waals surface area (Å²) in [4.78, 5) is 10.0. The summed E-state index contributed by atoms with van der Waals surface area (Å²) in [7, 11) is 0. The van der Waals surface area contributed by atoms with Crippen LogP contribution in [-0.4, -0.2) is 37.9 Å². The largest absolute Gasteiger partial charge is 0.348 e. The number of unbranched alkanes of at least 4 members (excludes halogenated alkanes) is 1. The van der Waals surface area contributed by atoms with Crippen LogP contribution in [0.15, 0.2) is 0 Å². The summed E-state index contributed by atoms with van der Waals surface area (Å²) in [6.45, 7) is 6.13. The smallest absolute Gasteiger partial charge is 0.163 e. The first kappa shape index (κ1) is 11.6. The maximum Gasteiger partial charge on any atom is 0.163 e. The van der Waals surface area contributed by atoms with E-state index in [9.17, 15) is 4.79 Å². The molecule has 1 saturated heterocycles. The molecule has 1 N–H and O–H groups in total. The molecule has 14 heavy (non-hydrogen) atoms. The van der Waals surface area contributed by atoms with E-state index < -0.39 is 5.79 Å². The number of rotatable bonds is 6. The monoisotopic (exact) mass is 201 g/mol. The SMILES string of the molecule is CC1(C)OCC(CNCCCC=O)O1. The number of carbonyl (C=O) groups excluding carboxylic acids is 1. The lowest BCUT2D eigenvalue weighted by Crippen LogP contribution is -2.31. The first-order chi connectivity index (χ1) is 6.64. The van der Waals surface area contributed by atoms with Gasteiger partial charge in [0.05, 0.1) is 12.7 Å². The third-order valence-electron chi connectivity index (χ3n) is 2.11. The molecule has 0 saturated carbocycles. The molecule has 0 spiro atoms. The Hall–Kier alpha value is -0.450. The van der Waals surface area contributed by atoms with Gasteiger partial charge in [-0.05, 0) is 26.8 Å². The average molecular weight is 201 g/mol. The molecule has 1 aliphatic heterocycles. The fraction of sp³-hybridized carbons (Fsp3) is 0.900. The van der Waals surface area contributed by atoms with E-state index in [1.54, 1.807) is 0 Å². The second-order valence-corrected chi connectivity index (χ2v) is 3.96. The van der Waals surface area contributed by atoms with Crippen LogP contribution in [0.25, 0.3) is 0 Å². The second kappa shape index (κ2) is 5.44. The number of nitrogens with one attached hydrogen (secondary N) is 1. The number of hydrogen-bond acceptors (Lipinski definition) is 4. The Kier molecular flexibility index (Phi) is 4.51. The number of carbonyl (C=O) groups is 1. The fourth-order valence-corrected chi connectivity index (χ4v) is 1.44. The summed E-state index contributed by atoms with van der Waals surface area (Å²) in [5.41, 5.74) is 0. The van der Waals surface area contributed by atoms with Crippen molar-refractivity contribution < 1.29 is 14.3 Å². The molecule has 0 aromatic rings. The number of aldehydes is 1. The van der Waals surface area contributed by atoms with Crippen molar-refractivity contribution in [2.75, 3.05) is 19.7 Å². The molecule has 82 valence electrons. The zero-order chi connectivity index (χ0) is 10.4. The maximum absolute atomic E-state index is 10.0. The van der Waals surface area contributed by atoms with E-state index in [1.165, 1.54) is 0 Å². The van der Waals surface area contributed by atoms with Gasteiger partial charge in [0.25, 0.3) is 0 Å². The lowest BCUT2D eigenvalue weighted by molar-refractivity contribution is -0.137.